The van der Waals surface area contributed by atoms with Crippen LogP contribution in [-0.4, -0.2) is 18.1 Å². The molecule has 2 atom stereocenters. The molecule has 102 valence electrons. The zero-order valence-corrected chi connectivity index (χ0v) is 11.7. The second kappa shape index (κ2) is 4.89. The zero-order chi connectivity index (χ0) is 13.4. The first-order valence-corrected chi connectivity index (χ1v) is 7.10. The van der Waals surface area contributed by atoms with Crippen molar-refractivity contribution in [2.45, 2.75) is 38.6 Å². The number of H-pyrrole nitrogens is 1. The summed E-state index contributed by atoms with van der Waals surface area (Å²) < 4.78 is 5.43. The molecule has 19 heavy (non-hydrogen) atoms. The summed E-state index contributed by atoms with van der Waals surface area (Å²) in [5, 5.41) is 1.32. The lowest BCUT2D eigenvalue weighted by atomic mass is 9.93. The maximum Gasteiger partial charge on any atom is 0.142 e. The van der Waals surface area contributed by atoms with Crippen molar-refractivity contribution in [3.05, 3.63) is 29.5 Å². The van der Waals surface area contributed by atoms with E-state index in [4.69, 9.17) is 10.5 Å². The van der Waals surface area contributed by atoms with Gasteiger partial charge in [-0.3, -0.25) is 0 Å². The molecule has 3 heteroatoms. The van der Waals surface area contributed by atoms with E-state index in [-0.39, 0.29) is 0 Å². The first-order chi connectivity index (χ1) is 9.20. The molecule has 0 amide bonds. The molecule has 0 bridgehead atoms. The van der Waals surface area contributed by atoms with Gasteiger partial charge in [-0.1, -0.05) is 12.5 Å². The largest absolute Gasteiger partial charge is 0.495 e. The Morgan fingerprint density at radius 1 is 1.37 bits per heavy atom. The molecule has 0 spiro atoms. The second-order valence-corrected chi connectivity index (χ2v) is 5.71. The molecule has 2 unspecified atom stereocenters. The van der Waals surface area contributed by atoms with Crippen molar-refractivity contribution in [2.75, 3.05) is 7.11 Å². The maximum absolute atomic E-state index is 6.20. The fourth-order valence-corrected chi connectivity index (χ4v) is 3.41. The first-order valence-electron chi connectivity index (χ1n) is 7.10. The average molecular weight is 258 g/mol. The molecule has 1 heterocycles. The molecule has 0 aliphatic heterocycles. The number of rotatable bonds is 3. The van der Waals surface area contributed by atoms with Gasteiger partial charge in [0.15, 0.2) is 0 Å². The van der Waals surface area contributed by atoms with Gasteiger partial charge in [0.05, 0.1) is 12.6 Å². The van der Waals surface area contributed by atoms with Gasteiger partial charge in [-0.05, 0) is 49.3 Å². The van der Waals surface area contributed by atoms with E-state index in [1.807, 2.05) is 6.07 Å². The Balaban J connectivity index is 2.00. The number of methoxy groups -OCH3 is 1. The summed E-state index contributed by atoms with van der Waals surface area (Å²) in [4.78, 5) is 3.37. The maximum atomic E-state index is 6.20. The average Bonchev–Trinajstić information content (AvgIpc) is 2.99. The van der Waals surface area contributed by atoms with Gasteiger partial charge < -0.3 is 15.5 Å². The van der Waals surface area contributed by atoms with E-state index in [0.29, 0.717) is 12.0 Å². The van der Waals surface area contributed by atoms with E-state index < -0.39 is 0 Å². The molecule has 3 rings (SSSR count). The van der Waals surface area contributed by atoms with Gasteiger partial charge in [-0.15, -0.1) is 0 Å². The summed E-state index contributed by atoms with van der Waals surface area (Å²) in [7, 11) is 1.72. The molecule has 2 aromatic rings. The van der Waals surface area contributed by atoms with Crippen LogP contribution in [0.15, 0.2) is 18.3 Å². The summed E-state index contributed by atoms with van der Waals surface area (Å²) in [6.07, 6.45) is 6.92. The lowest BCUT2D eigenvalue weighted by Gasteiger charge is -2.15. The van der Waals surface area contributed by atoms with Crippen LogP contribution in [0.4, 0.5) is 0 Å². The lowest BCUT2D eigenvalue weighted by molar-refractivity contribution is 0.419. The second-order valence-electron chi connectivity index (χ2n) is 5.71. The number of fused-ring (bicyclic) bond motifs is 1. The van der Waals surface area contributed by atoms with Crippen LogP contribution in [0.1, 0.15) is 30.4 Å². The van der Waals surface area contributed by atoms with Gasteiger partial charge in [0.1, 0.15) is 5.75 Å². The number of hydrogen-bond donors (Lipinski definition) is 2. The predicted molar refractivity (Wildman–Crippen MR) is 78.6 cm³/mol. The highest BCUT2D eigenvalue weighted by Gasteiger charge is 2.25. The van der Waals surface area contributed by atoms with Crippen LogP contribution in [0, 0.1) is 12.8 Å². The predicted octanol–water partition coefficient (Wildman–Crippen LogP) is 3.15. The number of benzene rings is 1. The molecule has 3 nitrogen and oxygen atoms in total. The Hall–Kier alpha value is -1.48. The number of aryl methyl sites for hydroxylation is 1. The van der Waals surface area contributed by atoms with Crippen LogP contribution in [0.3, 0.4) is 0 Å². The SMILES string of the molecule is COc1ccc(C)c2c(CC3CCCC3N)c[nH]c12. The number of ether oxygens (including phenoxy) is 1. The van der Waals surface area contributed by atoms with Crippen molar-refractivity contribution in [1.29, 1.82) is 0 Å². The third-order valence-electron chi connectivity index (χ3n) is 4.51. The summed E-state index contributed by atoms with van der Waals surface area (Å²) >= 11 is 0. The van der Waals surface area contributed by atoms with E-state index >= 15 is 0 Å². The molecule has 1 saturated carbocycles. The van der Waals surface area contributed by atoms with Gasteiger partial charge in [0.2, 0.25) is 0 Å². The minimum Gasteiger partial charge on any atom is -0.495 e. The number of aromatic amines is 1. The van der Waals surface area contributed by atoms with Gasteiger partial charge >= 0.3 is 0 Å². The number of nitrogens with two attached hydrogens (primary N) is 1. The van der Waals surface area contributed by atoms with E-state index in [1.54, 1.807) is 7.11 Å². The van der Waals surface area contributed by atoms with Crippen molar-refractivity contribution >= 4 is 10.9 Å². The quantitative estimate of drug-likeness (QED) is 0.888. The van der Waals surface area contributed by atoms with Crippen molar-refractivity contribution < 1.29 is 4.74 Å². The van der Waals surface area contributed by atoms with Crippen LogP contribution in [-0.2, 0) is 6.42 Å². The zero-order valence-electron chi connectivity index (χ0n) is 11.7. The Kier molecular flexibility index (Phi) is 3.23. The fraction of sp³-hybridized carbons (Fsp3) is 0.500. The normalized spacial score (nSPS) is 23.1. The van der Waals surface area contributed by atoms with Crippen LogP contribution in [0.5, 0.6) is 5.75 Å². The Bertz CT molecular complexity index is 588. The fourth-order valence-electron chi connectivity index (χ4n) is 3.41. The standard InChI is InChI=1S/C16H22N2O/c1-10-6-7-14(19-2)16-15(10)12(9-18-16)8-11-4-3-5-13(11)17/h6-7,9,11,13,18H,3-5,8,17H2,1-2H3. The first kappa shape index (κ1) is 12.5. The van der Waals surface area contributed by atoms with Crippen LogP contribution in [0.2, 0.25) is 0 Å². The van der Waals surface area contributed by atoms with Crippen LogP contribution < -0.4 is 10.5 Å². The van der Waals surface area contributed by atoms with Gasteiger partial charge in [0, 0.05) is 17.6 Å². The summed E-state index contributed by atoms with van der Waals surface area (Å²) in [5.74, 6) is 1.55. The van der Waals surface area contributed by atoms with Crippen LogP contribution in [0.25, 0.3) is 10.9 Å². The Morgan fingerprint density at radius 2 is 2.21 bits per heavy atom. The number of aromatic nitrogens is 1. The topological polar surface area (TPSA) is 51.0 Å². The monoisotopic (exact) mass is 258 g/mol. The third kappa shape index (κ3) is 2.12. The molecule has 1 aliphatic carbocycles. The highest BCUT2D eigenvalue weighted by molar-refractivity contribution is 5.91. The highest BCUT2D eigenvalue weighted by Crippen LogP contribution is 2.34. The molecular weight excluding hydrogens is 236 g/mol. The van der Waals surface area contributed by atoms with E-state index in [0.717, 1.165) is 17.7 Å². The highest BCUT2D eigenvalue weighted by atomic mass is 16.5. The molecule has 1 fully saturated rings. The molecule has 3 N–H and O–H groups in total. The van der Waals surface area contributed by atoms with Gasteiger partial charge in [-0.2, -0.15) is 0 Å². The van der Waals surface area contributed by atoms with Crippen molar-refractivity contribution in [3.8, 4) is 5.75 Å². The minimum atomic E-state index is 0.371. The Labute approximate surface area is 114 Å². The molecule has 0 saturated heterocycles. The van der Waals surface area contributed by atoms with Gasteiger partial charge in [-0.25, -0.2) is 0 Å². The van der Waals surface area contributed by atoms with Crippen molar-refractivity contribution in [1.82, 2.24) is 4.98 Å². The lowest BCUT2D eigenvalue weighted by Crippen LogP contribution is -2.25. The molecule has 1 aromatic carbocycles. The summed E-state index contributed by atoms with van der Waals surface area (Å²) in [5.41, 5.74) is 10.0. The summed E-state index contributed by atoms with van der Waals surface area (Å²) in [6, 6.07) is 4.53. The van der Waals surface area contributed by atoms with Gasteiger partial charge in [0.25, 0.3) is 0 Å². The molecule has 1 aliphatic rings. The van der Waals surface area contributed by atoms with E-state index in [1.165, 1.54) is 35.8 Å². The molecule has 1 aromatic heterocycles. The molecular formula is C16H22N2O. The minimum absolute atomic E-state index is 0.371. The van der Waals surface area contributed by atoms with Crippen LogP contribution >= 0.6 is 0 Å². The summed E-state index contributed by atoms with van der Waals surface area (Å²) in [6.45, 7) is 2.16. The molecule has 0 radical (unpaired) electrons. The van der Waals surface area contributed by atoms with E-state index in [2.05, 4.69) is 24.2 Å². The Morgan fingerprint density at radius 3 is 2.89 bits per heavy atom. The van der Waals surface area contributed by atoms with E-state index in [9.17, 15) is 0 Å². The van der Waals surface area contributed by atoms with Crippen molar-refractivity contribution in [2.24, 2.45) is 11.7 Å². The third-order valence-corrected chi connectivity index (χ3v) is 4.51. The number of hydrogen-bond acceptors (Lipinski definition) is 2. The smallest absolute Gasteiger partial charge is 0.142 e. The number of nitrogens with one attached hydrogen (secondary N) is 1. The van der Waals surface area contributed by atoms with Crippen molar-refractivity contribution in [3.63, 3.8) is 0 Å².